The van der Waals surface area contributed by atoms with Crippen LogP contribution < -0.4 is 14.7 Å². The molecule has 9 heterocycles. The van der Waals surface area contributed by atoms with Crippen LogP contribution in [0.15, 0.2) is 69.7 Å². The average Bonchev–Trinajstić information content (AvgIpc) is 1.52. The van der Waals surface area contributed by atoms with Crippen molar-refractivity contribution in [1.29, 1.82) is 0 Å². The SMILES string of the molecule is CC(=O)OCc1cc2nc3n(c2cc1S(C)(=O)=O)CCN(c1ncc(C(C)=O)c(C)n1)[C@@H]3C(C)C.Cc1nc(N2CCn3c(nc4cc(CO)c(S(C)(=O)=O)cc43)[C@@H]2C(C)C)ncc1C(C)(C)O.Cc1nc(N2CCn3c(nc4cc(CO)c(S(C)(=O)=O)cc43)[C@H]2C(C)C)ncc1C(C)(C)O. The molecule has 6 aromatic heterocycles. The highest BCUT2D eigenvalue weighted by atomic mass is 32.2. The standard InChI is InChI=1S/C24H29N5O5S.2C23H31N5O4S/c1-13(2)22-23-27-19-9-17(12-34-16(5)31)21(35(6,32)33)10-20(19)28(23)7-8-29(22)24-25-11-18(15(4)30)14(3)26-24;2*1-13(2)20-21-26-17-9-15(12-29)19(33(6,31)32)10-18(17)27(21)7-8-28(20)22-24-11-16(14(3)25-22)23(4,5)30/h9-11,13,22H,7-8,12H2,1-6H3;2*9-11,13,20,29-30H,7-8,12H2,1-6H3/t22-;2*20-/m110/s1. The molecule has 0 saturated heterocycles. The Kier molecular flexibility index (Phi) is 20.9. The number of aromatic nitrogens is 12. The number of hydrogen-bond donors (Lipinski definition) is 4. The van der Waals surface area contributed by atoms with Crippen LogP contribution >= 0.6 is 0 Å². The summed E-state index contributed by atoms with van der Waals surface area (Å²) in [6.45, 7) is 30.4. The van der Waals surface area contributed by atoms with Crippen molar-refractivity contribution in [3.8, 4) is 0 Å². The van der Waals surface area contributed by atoms with E-state index in [0.29, 0.717) is 118 Å². The third-order valence-corrected chi connectivity index (χ3v) is 22.1. The smallest absolute Gasteiger partial charge is 0.302 e. The first-order valence-electron chi connectivity index (χ1n) is 33.4. The number of ketones is 1. The molecule has 0 radical (unpaired) electrons. The predicted molar refractivity (Wildman–Crippen MR) is 381 cm³/mol. The van der Waals surface area contributed by atoms with Crippen LogP contribution in [0.2, 0.25) is 0 Å². The lowest BCUT2D eigenvalue weighted by atomic mass is 9.98. The van der Waals surface area contributed by atoms with Crippen molar-refractivity contribution in [2.75, 3.05) is 53.1 Å². The summed E-state index contributed by atoms with van der Waals surface area (Å²) in [5, 5.41) is 40.2. The monoisotopic (exact) mass is 1450 g/mol. The molecule has 12 rings (SSSR count). The summed E-state index contributed by atoms with van der Waals surface area (Å²) >= 11 is 0. The number of sulfone groups is 3. The first-order chi connectivity index (χ1) is 47.0. The Morgan fingerprint density at radius 2 is 0.792 bits per heavy atom. The van der Waals surface area contributed by atoms with Gasteiger partial charge in [0.1, 0.15) is 24.1 Å². The molecule has 3 aromatic carbocycles. The number of benzene rings is 3. The number of rotatable bonds is 16. The summed E-state index contributed by atoms with van der Waals surface area (Å²) in [4.78, 5) is 72.1. The largest absolute Gasteiger partial charge is 0.461 e. The van der Waals surface area contributed by atoms with Crippen molar-refractivity contribution in [3.63, 3.8) is 0 Å². The van der Waals surface area contributed by atoms with Gasteiger partial charge in [-0.25, -0.2) is 70.1 Å². The second-order valence-electron chi connectivity index (χ2n) is 28.5. The number of ether oxygens (including phenoxy) is 1. The minimum atomic E-state index is -3.57. The lowest BCUT2D eigenvalue weighted by Crippen LogP contribution is -2.42. The minimum absolute atomic E-state index is 0.0823. The predicted octanol–water partition coefficient (Wildman–Crippen LogP) is 7.97. The molecular formula is C70H91N15O13S3. The molecule has 0 unspecified atom stereocenters. The first-order valence-corrected chi connectivity index (χ1v) is 39.0. The van der Waals surface area contributed by atoms with E-state index in [2.05, 4.69) is 85.3 Å². The van der Waals surface area contributed by atoms with E-state index >= 15 is 0 Å². The number of aliphatic hydroxyl groups is 4. The van der Waals surface area contributed by atoms with Crippen molar-refractivity contribution in [2.45, 2.75) is 187 Å². The zero-order valence-corrected chi connectivity index (χ0v) is 62.9. The van der Waals surface area contributed by atoms with Crippen LogP contribution in [-0.4, -0.2) is 154 Å². The van der Waals surface area contributed by atoms with Crippen LogP contribution in [-0.2, 0) is 89.7 Å². The third kappa shape index (κ3) is 15.1. The second kappa shape index (κ2) is 28.1. The summed E-state index contributed by atoms with van der Waals surface area (Å²) in [7, 11) is -10.6. The number of hydrogen-bond acceptors (Lipinski definition) is 25. The Bertz CT molecular complexity index is 4890. The maximum Gasteiger partial charge on any atom is 0.302 e. The molecule has 9 aromatic rings. The molecule has 101 heavy (non-hydrogen) atoms. The van der Waals surface area contributed by atoms with Crippen molar-refractivity contribution < 1.29 is 60.0 Å². The molecule has 28 nitrogen and oxygen atoms in total. The zero-order chi connectivity index (χ0) is 74.2. The van der Waals surface area contributed by atoms with Crippen LogP contribution in [0, 0.1) is 38.5 Å². The highest BCUT2D eigenvalue weighted by Gasteiger charge is 2.40. The number of nitrogens with zero attached hydrogens (tertiary/aromatic N) is 15. The highest BCUT2D eigenvalue weighted by molar-refractivity contribution is 7.91. The van der Waals surface area contributed by atoms with Crippen LogP contribution in [0.5, 0.6) is 0 Å². The highest BCUT2D eigenvalue weighted by Crippen LogP contribution is 2.42. The summed E-state index contributed by atoms with van der Waals surface area (Å²) in [6.07, 6.45) is 8.36. The number of carbonyl (C=O) groups is 2. The van der Waals surface area contributed by atoms with E-state index in [1.807, 2.05) is 18.4 Å². The number of esters is 1. The molecular weight excluding hydrogens is 1360 g/mol. The van der Waals surface area contributed by atoms with E-state index in [0.717, 1.165) is 58.7 Å². The van der Waals surface area contributed by atoms with Gasteiger partial charge in [0, 0.05) is 112 Å². The molecule has 31 heteroatoms. The van der Waals surface area contributed by atoms with Gasteiger partial charge in [-0.15, -0.1) is 0 Å². The number of carbonyl (C=O) groups excluding carboxylic acids is 2. The fourth-order valence-corrected chi connectivity index (χ4v) is 16.8. The molecule has 0 bridgehead atoms. The van der Waals surface area contributed by atoms with E-state index < -0.39 is 46.7 Å². The topological polar surface area (TPSA) is 367 Å². The van der Waals surface area contributed by atoms with Crippen molar-refractivity contribution in [1.82, 2.24) is 58.6 Å². The van der Waals surface area contributed by atoms with E-state index in [9.17, 15) is 55.3 Å². The molecule has 0 amide bonds. The van der Waals surface area contributed by atoms with Crippen molar-refractivity contribution >= 4 is 92.2 Å². The summed E-state index contributed by atoms with van der Waals surface area (Å²) < 4.78 is 85.5. The van der Waals surface area contributed by atoms with E-state index in [1.165, 1.54) is 13.8 Å². The molecule has 3 atom stereocenters. The van der Waals surface area contributed by atoms with Gasteiger partial charge in [0.05, 0.1) is 102 Å². The van der Waals surface area contributed by atoms with Crippen LogP contribution in [0.3, 0.4) is 0 Å². The third-order valence-electron chi connectivity index (χ3n) is 18.6. The molecule has 4 N–H and O–H groups in total. The summed E-state index contributed by atoms with van der Waals surface area (Å²) in [5.74, 6) is 3.99. The quantitative estimate of drug-likeness (QED) is 0.0526. The molecule has 0 aliphatic carbocycles. The Labute approximate surface area is 588 Å². The summed E-state index contributed by atoms with van der Waals surface area (Å²) in [5.41, 5.74) is 7.08. The van der Waals surface area contributed by atoms with Gasteiger partial charge in [-0.05, 0) is 121 Å². The fraction of sp³-hybridized carbons (Fsp3) is 0.500. The zero-order valence-electron chi connectivity index (χ0n) is 60.4. The van der Waals surface area contributed by atoms with Gasteiger partial charge in [0.2, 0.25) is 17.8 Å². The Hall–Kier alpha value is -8.46. The van der Waals surface area contributed by atoms with Gasteiger partial charge < -0.3 is 53.6 Å². The van der Waals surface area contributed by atoms with E-state index in [4.69, 9.17) is 29.7 Å². The van der Waals surface area contributed by atoms with Crippen LogP contribution in [0.4, 0.5) is 17.8 Å². The van der Waals surface area contributed by atoms with Gasteiger partial charge >= 0.3 is 5.97 Å². The lowest BCUT2D eigenvalue weighted by molar-refractivity contribution is -0.142. The molecule has 0 saturated carbocycles. The molecule has 3 aliphatic rings. The molecule has 0 fully saturated rings. The fourth-order valence-electron chi connectivity index (χ4n) is 14.0. The number of anilines is 3. The van der Waals surface area contributed by atoms with Gasteiger partial charge in [0.25, 0.3) is 0 Å². The van der Waals surface area contributed by atoms with Crippen LogP contribution in [0.25, 0.3) is 33.1 Å². The Morgan fingerprint density at radius 1 is 0.485 bits per heavy atom. The molecule has 0 spiro atoms. The van der Waals surface area contributed by atoms with Crippen molar-refractivity contribution in [2.24, 2.45) is 17.8 Å². The first kappa shape index (κ1) is 75.2. The van der Waals surface area contributed by atoms with Gasteiger partial charge in [-0.2, -0.15) is 0 Å². The van der Waals surface area contributed by atoms with Crippen LogP contribution in [0.1, 0.15) is 174 Å². The molecule has 542 valence electrons. The number of fused-ring (bicyclic) bond motifs is 9. The Morgan fingerprint density at radius 3 is 1.06 bits per heavy atom. The Balaban J connectivity index is 0.000000163. The second-order valence-corrected chi connectivity index (χ2v) is 34.4. The normalized spacial score (nSPS) is 16.7. The van der Waals surface area contributed by atoms with Gasteiger partial charge in [-0.1, -0.05) is 41.5 Å². The maximum atomic E-state index is 12.5. The maximum absolute atomic E-state index is 12.5. The minimum Gasteiger partial charge on any atom is -0.461 e. The number of aliphatic hydroxyl groups excluding tert-OH is 2. The van der Waals surface area contributed by atoms with Gasteiger partial charge in [0.15, 0.2) is 35.3 Å². The van der Waals surface area contributed by atoms with Gasteiger partial charge in [-0.3, -0.25) is 9.59 Å². The average molecular weight is 1450 g/mol. The van der Waals surface area contributed by atoms with E-state index in [1.54, 1.807) is 89.6 Å². The number of Topliss-reactive ketones (excluding diaryl/α,β-unsaturated/α-hetero) is 1. The molecule has 3 aliphatic heterocycles. The lowest BCUT2D eigenvalue weighted by Gasteiger charge is -2.38. The van der Waals surface area contributed by atoms with Crippen molar-refractivity contribution in [3.05, 3.63) is 123 Å². The summed E-state index contributed by atoms with van der Waals surface area (Å²) in [6, 6.07) is 9.46. The number of imidazole rings is 3. The van der Waals surface area contributed by atoms with E-state index in [-0.39, 0.29) is 76.2 Å². The number of aryl methyl sites for hydroxylation is 3.